The second-order valence-corrected chi connectivity index (χ2v) is 5.62. The molecule has 2 aromatic rings. The molecule has 2 amide bonds. The lowest BCUT2D eigenvalue weighted by atomic mass is 10.1. The summed E-state index contributed by atoms with van der Waals surface area (Å²) in [6.45, 7) is 4.02. The zero-order valence-corrected chi connectivity index (χ0v) is 12.7. The second kappa shape index (κ2) is 5.64. The molecule has 0 aliphatic carbocycles. The fourth-order valence-corrected chi connectivity index (χ4v) is 2.76. The summed E-state index contributed by atoms with van der Waals surface area (Å²) in [4.78, 5) is 26.0. The molecule has 1 fully saturated rings. The monoisotopic (exact) mass is 294 g/mol. The second-order valence-electron chi connectivity index (χ2n) is 5.62. The molecular weight excluding hydrogens is 276 g/mol. The van der Waals surface area contributed by atoms with E-state index in [1.807, 2.05) is 44.2 Å². The Kier molecular flexibility index (Phi) is 3.67. The number of para-hydroxylation sites is 1. The van der Waals surface area contributed by atoms with Gasteiger partial charge in [0.2, 0.25) is 5.91 Å². The van der Waals surface area contributed by atoms with E-state index in [1.165, 1.54) is 10.5 Å². The third kappa shape index (κ3) is 2.60. The van der Waals surface area contributed by atoms with Crippen LogP contribution in [-0.2, 0) is 9.59 Å². The normalized spacial score (nSPS) is 17.9. The van der Waals surface area contributed by atoms with Crippen molar-refractivity contribution in [2.24, 2.45) is 0 Å². The number of nitrogens with one attached hydrogen (secondary N) is 1. The van der Waals surface area contributed by atoms with E-state index in [0.29, 0.717) is 5.69 Å². The van der Waals surface area contributed by atoms with Gasteiger partial charge in [0.05, 0.1) is 12.1 Å². The lowest BCUT2D eigenvalue weighted by Gasteiger charge is -2.17. The summed E-state index contributed by atoms with van der Waals surface area (Å²) in [7, 11) is 0. The number of carbonyl (C=O) groups excluding carboxylic acids is 2. The van der Waals surface area contributed by atoms with Gasteiger partial charge in [-0.15, -0.1) is 0 Å². The number of imide groups is 1. The maximum Gasteiger partial charge on any atom is 0.256 e. The van der Waals surface area contributed by atoms with Gasteiger partial charge >= 0.3 is 0 Å². The highest BCUT2D eigenvalue weighted by molar-refractivity contribution is 6.23. The number of anilines is 2. The molecule has 3 rings (SSSR count). The zero-order chi connectivity index (χ0) is 15.7. The summed E-state index contributed by atoms with van der Waals surface area (Å²) in [6, 6.07) is 14.5. The van der Waals surface area contributed by atoms with Gasteiger partial charge in [-0.2, -0.15) is 0 Å². The Morgan fingerprint density at radius 2 is 1.77 bits per heavy atom. The largest absolute Gasteiger partial charge is 0.373 e. The van der Waals surface area contributed by atoms with Gasteiger partial charge < -0.3 is 5.32 Å². The van der Waals surface area contributed by atoms with Crippen LogP contribution in [0.1, 0.15) is 17.5 Å². The maximum atomic E-state index is 12.5. The molecule has 2 aromatic carbocycles. The minimum absolute atomic E-state index is 0.168. The van der Waals surface area contributed by atoms with Gasteiger partial charge in [0.15, 0.2) is 0 Å². The van der Waals surface area contributed by atoms with E-state index in [2.05, 4.69) is 11.4 Å². The van der Waals surface area contributed by atoms with Crippen LogP contribution in [0.3, 0.4) is 0 Å². The van der Waals surface area contributed by atoms with E-state index < -0.39 is 6.04 Å². The molecule has 112 valence electrons. The first-order valence-corrected chi connectivity index (χ1v) is 7.32. The van der Waals surface area contributed by atoms with Crippen LogP contribution in [-0.4, -0.2) is 17.9 Å². The minimum Gasteiger partial charge on any atom is -0.373 e. The average molecular weight is 294 g/mol. The molecule has 1 saturated heterocycles. The fraction of sp³-hybridized carbons (Fsp3) is 0.222. The highest BCUT2D eigenvalue weighted by Crippen LogP contribution is 2.26. The van der Waals surface area contributed by atoms with Gasteiger partial charge in [-0.3, -0.25) is 9.59 Å². The van der Waals surface area contributed by atoms with Crippen LogP contribution >= 0.6 is 0 Å². The first-order chi connectivity index (χ1) is 10.6. The number of carbonyl (C=O) groups is 2. The zero-order valence-electron chi connectivity index (χ0n) is 12.7. The number of aryl methyl sites for hydroxylation is 2. The minimum atomic E-state index is -0.505. The summed E-state index contributed by atoms with van der Waals surface area (Å²) in [5.74, 6) is -0.366. The van der Waals surface area contributed by atoms with Crippen molar-refractivity contribution in [3.05, 3.63) is 59.7 Å². The molecule has 4 heteroatoms. The van der Waals surface area contributed by atoms with E-state index >= 15 is 0 Å². The molecule has 0 spiro atoms. The third-order valence-electron chi connectivity index (χ3n) is 3.87. The lowest BCUT2D eigenvalue weighted by Crippen LogP contribution is -2.34. The van der Waals surface area contributed by atoms with Gasteiger partial charge in [-0.25, -0.2) is 4.90 Å². The van der Waals surface area contributed by atoms with Crippen LogP contribution in [0.15, 0.2) is 48.5 Å². The Morgan fingerprint density at radius 1 is 1.05 bits per heavy atom. The van der Waals surface area contributed by atoms with Crippen molar-refractivity contribution < 1.29 is 9.59 Å². The molecule has 0 bridgehead atoms. The van der Waals surface area contributed by atoms with Crippen LogP contribution < -0.4 is 10.2 Å². The van der Waals surface area contributed by atoms with E-state index in [1.54, 1.807) is 12.1 Å². The summed E-state index contributed by atoms with van der Waals surface area (Å²) in [6.07, 6.45) is 0.182. The van der Waals surface area contributed by atoms with Crippen LogP contribution in [0, 0.1) is 13.8 Å². The first kappa shape index (κ1) is 14.3. The van der Waals surface area contributed by atoms with Crippen LogP contribution in [0.2, 0.25) is 0 Å². The molecule has 22 heavy (non-hydrogen) atoms. The van der Waals surface area contributed by atoms with Crippen LogP contribution in [0.25, 0.3) is 0 Å². The molecule has 1 heterocycles. The van der Waals surface area contributed by atoms with E-state index in [-0.39, 0.29) is 18.2 Å². The summed E-state index contributed by atoms with van der Waals surface area (Å²) in [5, 5.41) is 3.20. The molecule has 1 aliphatic rings. The molecule has 1 unspecified atom stereocenters. The topological polar surface area (TPSA) is 49.4 Å². The Balaban J connectivity index is 1.82. The highest BCUT2D eigenvalue weighted by atomic mass is 16.2. The predicted octanol–water partition coefficient (Wildman–Crippen LogP) is 3.05. The van der Waals surface area contributed by atoms with Crippen molar-refractivity contribution >= 4 is 23.2 Å². The highest BCUT2D eigenvalue weighted by Gasteiger charge is 2.39. The molecule has 1 atom stereocenters. The van der Waals surface area contributed by atoms with Crippen molar-refractivity contribution in [1.82, 2.24) is 0 Å². The molecule has 0 saturated carbocycles. The predicted molar refractivity (Wildman–Crippen MR) is 86.9 cm³/mol. The van der Waals surface area contributed by atoms with E-state index in [9.17, 15) is 9.59 Å². The molecule has 0 aromatic heterocycles. The maximum absolute atomic E-state index is 12.5. The molecule has 1 aliphatic heterocycles. The number of amides is 2. The van der Waals surface area contributed by atoms with Gasteiger partial charge in [-0.05, 0) is 37.6 Å². The first-order valence-electron chi connectivity index (χ1n) is 7.32. The summed E-state index contributed by atoms with van der Waals surface area (Å²) in [5.41, 5.74) is 3.76. The van der Waals surface area contributed by atoms with E-state index in [0.717, 1.165) is 11.3 Å². The van der Waals surface area contributed by atoms with Gasteiger partial charge in [0, 0.05) is 5.69 Å². The van der Waals surface area contributed by atoms with Crippen LogP contribution in [0.5, 0.6) is 0 Å². The van der Waals surface area contributed by atoms with E-state index in [4.69, 9.17) is 0 Å². The number of hydrogen-bond acceptors (Lipinski definition) is 3. The van der Waals surface area contributed by atoms with Crippen molar-refractivity contribution in [2.75, 3.05) is 10.2 Å². The van der Waals surface area contributed by atoms with Gasteiger partial charge in [0.25, 0.3) is 5.91 Å². The lowest BCUT2D eigenvalue weighted by molar-refractivity contribution is -0.121. The summed E-state index contributed by atoms with van der Waals surface area (Å²) < 4.78 is 0. The number of rotatable bonds is 3. The molecule has 0 radical (unpaired) electrons. The number of benzene rings is 2. The van der Waals surface area contributed by atoms with Gasteiger partial charge in [-0.1, -0.05) is 35.9 Å². The number of hydrogen-bond donors (Lipinski definition) is 1. The Hall–Kier alpha value is -2.62. The Labute approximate surface area is 129 Å². The standard InChI is InChI=1S/C18H18N2O2/c1-12-8-9-15(13(2)10-12)19-16-11-17(21)20(18(16)22)14-6-4-3-5-7-14/h3-10,16,19H,11H2,1-2H3. The molecule has 1 N–H and O–H groups in total. The smallest absolute Gasteiger partial charge is 0.256 e. The quantitative estimate of drug-likeness (QED) is 0.885. The van der Waals surface area contributed by atoms with Gasteiger partial charge in [0.1, 0.15) is 6.04 Å². The van der Waals surface area contributed by atoms with Crippen molar-refractivity contribution in [2.45, 2.75) is 26.3 Å². The SMILES string of the molecule is Cc1ccc(NC2CC(=O)N(c3ccccc3)C2=O)c(C)c1. The van der Waals surface area contributed by atoms with Crippen molar-refractivity contribution in [3.63, 3.8) is 0 Å². The van der Waals surface area contributed by atoms with Crippen LogP contribution in [0.4, 0.5) is 11.4 Å². The number of nitrogens with zero attached hydrogens (tertiary/aromatic N) is 1. The third-order valence-corrected chi connectivity index (χ3v) is 3.87. The molecule has 4 nitrogen and oxygen atoms in total. The van der Waals surface area contributed by atoms with Crippen molar-refractivity contribution in [3.8, 4) is 0 Å². The summed E-state index contributed by atoms with van der Waals surface area (Å²) >= 11 is 0. The molecular formula is C18H18N2O2. The Bertz CT molecular complexity index is 725. The fourth-order valence-electron chi connectivity index (χ4n) is 2.76. The van der Waals surface area contributed by atoms with Crippen molar-refractivity contribution in [1.29, 1.82) is 0 Å². The Morgan fingerprint density at radius 3 is 2.45 bits per heavy atom. The average Bonchev–Trinajstić information content (AvgIpc) is 2.77.